The van der Waals surface area contributed by atoms with Gasteiger partial charge in [-0.05, 0) is 62.6 Å². The normalized spacial score (nSPS) is 19.3. The van der Waals surface area contributed by atoms with Gasteiger partial charge in [0.05, 0.1) is 19.6 Å². The Kier molecular flexibility index (Phi) is 10.7. The molecule has 0 aromatic heterocycles. The van der Waals surface area contributed by atoms with E-state index in [0.717, 1.165) is 6.42 Å². The van der Waals surface area contributed by atoms with Crippen molar-refractivity contribution in [3.05, 3.63) is 53.3 Å². The third-order valence-electron chi connectivity index (χ3n) is 7.45. The SMILES string of the molecule is COc1cc2ccc1Oc1cccc(F)c1CNC(=O)CCCN(C(=O)C1CCCN(CC(N)=O)C1)CCCNC2=O. The average Bonchev–Trinajstić information content (AvgIpc) is 2.97. The molecule has 3 aliphatic rings. The molecule has 5 rings (SSSR count). The first kappa shape index (κ1) is 30.8. The van der Waals surface area contributed by atoms with Crippen LogP contribution in [0.4, 0.5) is 4.39 Å². The predicted octanol–water partition coefficient (Wildman–Crippen LogP) is 2.18. The Morgan fingerprint density at radius 1 is 1.07 bits per heavy atom. The van der Waals surface area contributed by atoms with Crippen LogP contribution in [-0.2, 0) is 20.9 Å². The number of carbonyl (C=O) groups is 4. The molecule has 2 aromatic rings. The smallest absolute Gasteiger partial charge is 0.251 e. The number of rotatable bonds is 4. The number of hydrogen-bond donors (Lipinski definition) is 3. The molecule has 0 radical (unpaired) electrons. The van der Waals surface area contributed by atoms with Gasteiger partial charge < -0.3 is 30.7 Å². The molecule has 0 spiro atoms. The number of amides is 4. The molecule has 1 unspecified atom stereocenters. The largest absolute Gasteiger partial charge is 0.493 e. The Morgan fingerprint density at radius 2 is 1.88 bits per heavy atom. The van der Waals surface area contributed by atoms with Gasteiger partial charge in [-0.25, -0.2) is 4.39 Å². The minimum atomic E-state index is -0.539. The Morgan fingerprint density at radius 3 is 2.67 bits per heavy atom. The van der Waals surface area contributed by atoms with Gasteiger partial charge in [0.1, 0.15) is 11.6 Å². The topological polar surface area (TPSA) is 143 Å². The van der Waals surface area contributed by atoms with Crippen molar-refractivity contribution in [1.29, 1.82) is 0 Å². The van der Waals surface area contributed by atoms with Gasteiger partial charge in [0, 0.05) is 50.3 Å². The summed E-state index contributed by atoms with van der Waals surface area (Å²) in [5.74, 6) is -1.12. The summed E-state index contributed by atoms with van der Waals surface area (Å²) in [4.78, 5) is 54.2. The Balaban J connectivity index is 1.52. The zero-order chi connectivity index (χ0) is 30.1. The van der Waals surface area contributed by atoms with Crippen molar-refractivity contribution in [1.82, 2.24) is 20.4 Å². The van der Waals surface area contributed by atoms with E-state index in [2.05, 4.69) is 10.6 Å². The van der Waals surface area contributed by atoms with Gasteiger partial charge in [-0.2, -0.15) is 0 Å². The zero-order valence-electron chi connectivity index (χ0n) is 23.8. The van der Waals surface area contributed by atoms with Gasteiger partial charge >= 0.3 is 0 Å². The Labute approximate surface area is 244 Å². The second-order valence-corrected chi connectivity index (χ2v) is 10.5. The molecule has 3 aliphatic heterocycles. The van der Waals surface area contributed by atoms with Crippen LogP contribution >= 0.6 is 0 Å². The van der Waals surface area contributed by atoms with Crippen LogP contribution in [0.3, 0.4) is 0 Å². The van der Waals surface area contributed by atoms with E-state index in [4.69, 9.17) is 15.2 Å². The lowest BCUT2D eigenvalue weighted by molar-refractivity contribution is -0.138. The fraction of sp³-hybridized carbons (Fsp3) is 0.467. The van der Waals surface area contributed by atoms with Crippen LogP contribution in [0.15, 0.2) is 36.4 Å². The second-order valence-electron chi connectivity index (χ2n) is 10.5. The van der Waals surface area contributed by atoms with Crippen molar-refractivity contribution >= 4 is 23.6 Å². The lowest BCUT2D eigenvalue weighted by atomic mass is 9.96. The molecule has 4 amide bonds. The molecule has 11 nitrogen and oxygen atoms in total. The number of piperidine rings is 1. The lowest BCUT2D eigenvalue weighted by Crippen LogP contribution is -2.47. The Hall–Kier alpha value is -4.19. The van der Waals surface area contributed by atoms with Gasteiger partial charge in [0.15, 0.2) is 11.5 Å². The lowest BCUT2D eigenvalue weighted by Gasteiger charge is -2.34. The molecule has 0 aliphatic carbocycles. The van der Waals surface area contributed by atoms with Crippen LogP contribution in [-0.4, -0.2) is 79.8 Å². The maximum Gasteiger partial charge on any atom is 0.251 e. The molecular weight excluding hydrogens is 545 g/mol. The number of primary amides is 1. The summed E-state index contributed by atoms with van der Waals surface area (Å²) in [6.07, 6.45) is 2.53. The van der Waals surface area contributed by atoms with Crippen molar-refractivity contribution in [2.45, 2.75) is 38.6 Å². The van der Waals surface area contributed by atoms with Gasteiger partial charge in [-0.3, -0.25) is 24.1 Å². The number of nitrogens with zero attached hydrogens (tertiary/aromatic N) is 2. The van der Waals surface area contributed by atoms with Crippen molar-refractivity contribution in [2.24, 2.45) is 11.7 Å². The molecular formula is C30H38FN5O6. The van der Waals surface area contributed by atoms with Gasteiger partial charge in [0.25, 0.3) is 5.91 Å². The van der Waals surface area contributed by atoms with Crippen LogP contribution in [0.1, 0.15) is 48.0 Å². The molecule has 1 saturated heterocycles. The van der Waals surface area contributed by atoms with E-state index in [1.54, 1.807) is 23.1 Å². The van der Waals surface area contributed by atoms with Crippen molar-refractivity contribution < 1.29 is 33.0 Å². The fourth-order valence-corrected chi connectivity index (χ4v) is 5.31. The summed E-state index contributed by atoms with van der Waals surface area (Å²) in [5, 5.41) is 5.63. The summed E-state index contributed by atoms with van der Waals surface area (Å²) in [7, 11) is 1.44. The van der Waals surface area contributed by atoms with E-state index in [-0.39, 0.29) is 66.0 Å². The quantitative estimate of drug-likeness (QED) is 0.501. The number of fused-ring (bicyclic) bond motifs is 13. The highest BCUT2D eigenvalue weighted by atomic mass is 19.1. The van der Waals surface area contributed by atoms with Crippen LogP contribution in [0, 0.1) is 11.7 Å². The number of hydrogen-bond acceptors (Lipinski definition) is 7. The molecule has 0 saturated carbocycles. The molecule has 1 atom stereocenters. The third kappa shape index (κ3) is 8.19. The van der Waals surface area contributed by atoms with E-state index in [0.29, 0.717) is 57.5 Å². The first-order valence-corrected chi connectivity index (χ1v) is 14.2. The molecule has 3 heterocycles. The number of nitrogens with two attached hydrogens (primary N) is 1. The van der Waals surface area contributed by atoms with Gasteiger partial charge in [-0.15, -0.1) is 0 Å². The number of benzene rings is 2. The van der Waals surface area contributed by atoms with E-state index in [1.165, 1.54) is 25.3 Å². The highest BCUT2D eigenvalue weighted by molar-refractivity contribution is 5.94. The highest BCUT2D eigenvalue weighted by Gasteiger charge is 2.29. The first-order chi connectivity index (χ1) is 20.2. The number of halogens is 1. The predicted molar refractivity (Wildman–Crippen MR) is 152 cm³/mol. The standard InChI is InChI=1S/C30H38FN5O6/c1-41-26-16-20-10-11-25(26)42-24-8-2-7-23(31)22(24)17-34-28(38)9-4-14-36(15-5-12-33-29(20)39)30(40)21-6-3-13-35(18-21)19-27(32)37/h2,7-8,10-11,16,21H,3-6,9,12-15,17-19H2,1H3,(H2,32,37)(H,33,39)(H,34,38). The molecule has 12 heteroatoms. The molecule has 4 N–H and O–H groups in total. The molecule has 226 valence electrons. The number of carbonyl (C=O) groups excluding carboxylic acids is 4. The fourth-order valence-electron chi connectivity index (χ4n) is 5.31. The Bertz CT molecular complexity index is 1300. The summed E-state index contributed by atoms with van der Waals surface area (Å²) >= 11 is 0. The van der Waals surface area contributed by atoms with Crippen LogP contribution < -0.4 is 25.8 Å². The summed E-state index contributed by atoms with van der Waals surface area (Å²) in [6, 6.07) is 9.07. The van der Waals surface area contributed by atoms with E-state index >= 15 is 0 Å². The summed E-state index contributed by atoms with van der Waals surface area (Å²) in [6.45, 7) is 2.23. The average molecular weight is 584 g/mol. The number of methoxy groups -OCH3 is 1. The number of nitrogens with one attached hydrogen (secondary N) is 2. The molecule has 2 bridgehead atoms. The molecule has 2 aromatic carbocycles. The summed E-state index contributed by atoms with van der Waals surface area (Å²) < 4.78 is 26.2. The van der Waals surface area contributed by atoms with Crippen LogP contribution in [0.2, 0.25) is 0 Å². The first-order valence-electron chi connectivity index (χ1n) is 14.2. The number of likely N-dealkylation sites (tertiary alicyclic amines) is 1. The second kappa shape index (κ2) is 14.6. The van der Waals surface area contributed by atoms with E-state index in [9.17, 15) is 23.6 Å². The highest BCUT2D eigenvalue weighted by Crippen LogP contribution is 2.34. The minimum absolute atomic E-state index is 0.0460. The zero-order valence-corrected chi connectivity index (χ0v) is 23.8. The van der Waals surface area contributed by atoms with Crippen molar-refractivity contribution in [3.8, 4) is 17.2 Å². The maximum atomic E-state index is 14.8. The van der Waals surface area contributed by atoms with Crippen molar-refractivity contribution in [3.63, 3.8) is 0 Å². The summed E-state index contributed by atoms with van der Waals surface area (Å²) in [5.41, 5.74) is 5.88. The van der Waals surface area contributed by atoms with Gasteiger partial charge in [-0.1, -0.05) is 6.07 Å². The maximum absolute atomic E-state index is 14.8. The van der Waals surface area contributed by atoms with E-state index < -0.39 is 11.7 Å². The van der Waals surface area contributed by atoms with Crippen LogP contribution in [0.5, 0.6) is 17.2 Å². The third-order valence-corrected chi connectivity index (χ3v) is 7.45. The molecule has 42 heavy (non-hydrogen) atoms. The van der Waals surface area contributed by atoms with Gasteiger partial charge in [0.2, 0.25) is 17.7 Å². The monoisotopic (exact) mass is 583 g/mol. The van der Waals surface area contributed by atoms with Crippen molar-refractivity contribution in [2.75, 3.05) is 46.4 Å². The number of ether oxygens (including phenoxy) is 2. The van der Waals surface area contributed by atoms with E-state index in [1.807, 2.05) is 4.90 Å². The molecule has 1 fully saturated rings. The van der Waals surface area contributed by atoms with Crippen LogP contribution in [0.25, 0.3) is 0 Å². The minimum Gasteiger partial charge on any atom is -0.493 e.